The zero-order valence-electron chi connectivity index (χ0n) is 32.7. The Kier molecular flexibility index (Phi) is 15.5. The standard InChI is InChI=1S/C43H63F3O6S/c1-6-8-9-10-11-12-13-14-15-16-17-18-19-20-21-22-38(49)51-36-28-41(5)32(25-30(3)43(41,39(50)53-29-44)52-37(48)7-2)33-27-35(45)34-26-31(47)23-24-40(34,4)42(33,36)46/h14-15,23-24,26,30,32-33,35-36H,6-13,16-22,25,27-29H2,1-5H3/b15-14+/t30-,32+,33+,35+,36+,40+,41+,42+,43+/m1/s1. The fourth-order valence-electron chi connectivity index (χ4n) is 10.3. The number of unbranched alkanes of at least 4 members (excludes halogenated alkanes) is 11. The van der Waals surface area contributed by atoms with Crippen molar-refractivity contribution in [1.29, 1.82) is 0 Å². The third-order valence-corrected chi connectivity index (χ3v) is 13.8. The first-order valence-electron chi connectivity index (χ1n) is 20.3. The zero-order valence-corrected chi connectivity index (χ0v) is 33.5. The molecule has 3 fully saturated rings. The summed E-state index contributed by atoms with van der Waals surface area (Å²) in [6.45, 7) is 8.84. The highest BCUT2D eigenvalue weighted by Crippen LogP contribution is 2.72. The molecule has 0 amide bonds. The summed E-state index contributed by atoms with van der Waals surface area (Å²) in [5.41, 5.74) is -7.05. The number of thioether (sulfide) groups is 1. The monoisotopic (exact) mass is 764 g/mol. The lowest BCUT2D eigenvalue weighted by atomic mass is 9.44. The van der Waals surface area contributed by atoms with Crippen molar-refractivity contribution in [3.05, 3.63) is 36.0 Å². The predicted octanol–water partition coefficient (Wildman–Crippen LogP) is 11.0. The second-order valence-corrected chi connectivity index (χ2v) is 17.3. The molecule has 9 atom stereocenters. The minimum atomic E-state index is -2.33. The minimum absolute atomic E-state index is 0.0180. The van der Waals surface area contributed by atoms with Gasteiger partial charge in [-0.05, 0) is 93.7 Å². The topological polar surface area (TPSA) is 86.7 Å². The van der Waals surface area contributed by atoms with Crippen LogP contribution in [-0.2, 0) is 28.7 Å². The number of ketones is 1. The maximum atomic E-state index is 18.5. The Balaban J connectivity index is 1.47. The van der Waals surface area contributed by atoms with Crippen LogP contribution in [0, 0.1) is 28.6 Å². The molecule has 0 bridgehead atoms. The van der Waals surface area contributed by atoms with Crippen molar-refractivity contribution in [2.75, 3.05) is 6.01 Å². The molecule has 0 aliphatic heterocycles. The van der Waals surface area contributed by atoms with E-state index in [0.717, 1.165) is 44.6 Å². The van der Waals surface area contributed by atoms with E-state index in [1.165, 1.54) is 50.7 Å². The summed E-state index contributed by atoms with van der Waals surface area (Å²) in [6, 6.07) is -1.04. The third kappa shape index (κ3) is 8.72. The van der Waals surface area contributed by atoms with E-state index < -0.39 is 81.0 Å². The number of esters is 2. The largest absolute Gasteiger partial charge is 0.459 e. The van der Waals surface area contributed by atoms with Crippen LogP contribution in [0.4, 0.5) is 13.2 Å². The molecule has 0 aromatic heterocycles. The van der Waals surface area contributed by atoms with Crippen molar-refractivity contribution in [3.63, 3.8) is 0 Å². The molecular weight excluding hydrogens is 702 g/mol. The molecule has 298 valence electrons. The van der Waals surface area contributed by atoms with Gasteiger partial charge in [-0.1, -0.05) is 97.3 Å². The Bertz CT molecular complexity index is 1400. The maximum absolute atomic E-state index is 18.5. The van der Waals surface area contributed by atoms with E-state index in [4.69, 9.17) is 9.47 Å². The first-order valence-corrected chi connectivity index (χ1v) is 21.3. The minimum Gasteiger partial charge on any atom is -0.459 e. The van der Waals surface area contributed by atoms with Gasteiger partial charge >= 0.3 is 11.9 Å². The van der Waals surface area contributed by atoms with Crippen LogP contribution >= 0.6 is 11.8 Å². The number of hydrogen-bond donors (Lipinski definition) is 0. The molecule has 0 N–H and O–H groups in total. The zero-order chi connectivity index (χ0) is 38.9. The van der Waals surface area contributed by atoms with Gasteiger partial charge in [-0.3, -0.25) is 19.2 Å². The van der Waals surface area contributed by atoms with Crippen molar-refractivity contribution in [2.24, 2.45) is 28.6 Å². The van der Waals surface area contributed by atoms with Gasteiger partial charge in [-0.2, -0.15) is 0 Å². The average Bonchev–Trinajstić information content (AvgIpc) is 3.34. The first-order chi connectivity index (χ1) is 25.3. The second kappa shape index (κ2) is 19.0. The van der Waals surface area contributed by atoms with Crippen LogP contribution in [0.1, 0.15) is 150 Å². The summed E-state index contributed by atoms with van der Waals surface area (Å²) in [4.78, 5) is 52.8. The number of carbonyl (C=O) groups is 4. The first kappa shape index (κ1) is 43.4. The number of hydrogen-bond acceptors (Lipinski definition) is 7. The molecule has 4 aliphatic carbocycles. The van der Waals surface area contributed by atoms with Gasteiger partial charge in [0, 0.05) is 35.5 Å². The van der Waals surface area contributed by atoms with E-state index in [1.54, 1.807) is 27.7 Å². The molecule has 0 unspecified atom stereocenters. The van der Waals surface area contributed by atoms with Gasteiger partial charge in [0.15, 0.2) is 17.1 Å². The Morgan fingerprint density at radius 3 is 2.15 bits per heavy atom. The van der Waals surface area contributed by atoms with Gasteiger partial charge in [0.05, 0.1) is 0 Å². The number of alkyl halides is 3. The van der Waals surface area contributed by atoms with Gasteiger partial charge in [0.25, 0.3) is 0 Å². The molecule has 0 radical (unpaired) electrons. The molecular formula is C43H63F3O6S. The molecule has 0 heterocycles. The molecule has 0 aromatic rings. The van der Waals surface area contributed by atoms with E-state index in [9.17, 15) is 23.6 Å². The lowest BCUT2D eigenvalue weighted by molar-refractivity contribution is -0.237. The van der Waals surface area contributed by atoms with Gasteiger partial charge in [0.1, 0.15) is 18.3 Å². The fourth-order valence-corrected chi connectivity index (χ4v) is 11.1. The highest BCUT2D eigenvalue weighted by Gasteiger charge is 2.79. The van der Waals surface area contributed by atoms with Crippen molar-refractivity contribution >= 4 is 34.6 Å². The van der Waals surface area contributed by atoms with Gasteiger partial charge < -0.3 is 9.47 Å². The molecule has 4 rings (SSSR count). The molecule has 10 heteroatoms. The molecule has 6 nitrogen and oxygen atoms in total. The highest BCUT2D eigenvalue weighted by molar-refractivity contribution is 8.13. The molecule has 4 aliphatic rings. The number of allylic oxidation sites excluding steroid dienone is 6. The summed E-state index contributed by atoms with van der Waals surface area (Å²) >= 11 is 0.407. The number of rotatable bonds is 20. The quantitative estimate of drug-likeness (QED) is 0.0693. The van der Waals surface area contributed by atoms with Crippen molar-refractivity contribution in [2.45, 2.75) is 174 Å². The van der Waals surface area contributed by atoms with Crippen LogP contribution in [-0.4, -0.2) is 52.4 Å². The Morgan fingerprint density at radius 2 is 1.53 bits per heavy atom. The Morgan fingerprint density at radius 1 is 0.906 bits per heavy atom. The van der Waals surface area contributed by atoms with Gasteiger partial charge in [-0.15, -0.1) is 0 Å². The second-order valence-electron chi connectivity index (χ2n) is 16.4. The SMILES string of the molecule is CCCCCCCC/C=C/CCCCCCCC(=O)O[C@H]1C[C@@]2(C)[C@@H](C[C@@H](C)[C@]2(OC(=O)CC)C(=O)SCF)[C@@H]2C[C@H](F)C3=CC(=O)C=C[C@]3(C)[C@@]12F. The summed E-state index contributed by atoms with van der Waals surface area (Å²) < 4.78 is 60.6. The molecule has 0 saturated heterocycles. The lowest BCUT2D eigenvalue weighted by Gasteiger charge is -2.63. The molecule has 3 saturated carbocycles. The number of carbonyl (C=O) groups excluding carboxylic acids is 4. The third-order valence-electron chi connectivity index (χ3n) is 13.1. The van der Waals surface area contributed by atoms with Gasteiger partial charge in [-0.25, -0.2) is 13.2 Å². The summed E-state index contributed by atoms with van der Waals surface area (Å²) in [5, 5.41) is -0.674. The fraction of sp³-hybridized carbons (Fsp3) is 0.767. The molecule has 53 heavy (non-hydrogen) atoms. The van der Waals surface area contributed by atoms with E-state index in [2.05, 4.69) is 19.1 Å². The average molecular weight is 765 g/mol. The van der Waals surface area contributed by atoms with Crippen LogP contribution in [0.15, 0.2) is 36.0 Å². The summed E-state index contributed by atoms with van der Waals surface area (Å²) in [7, 11) is 0. The van der Waals surface area contributed by atoms with Crippen LogP contribution in [0.2, 0.25) is 0 Å². The highest BCUT2D eigenvalue weighted by atomic mass is 32.2. The van der Waals surface area contributed by atoms with Gasteiger partial charge in [0.2, 0.25) is 5.12 Å². The van der Waals surface area contributed by atoms with E-state index in [0.29, 0.717) is 18.2 Å². The van der Waals surface area contributed by atoms with E-state index >= 15 is 8.78 Å². The van der Waals surface area contributed by atoms with Crippen LogP contribution in [0.3, 0.4) is 0 Å². The van der Waals surface area contributed by atoms with Crippen LogP contribution in [0.25, 0.3) is 0 Å². The smallest absolute Gasteiger partial charge is 0.306 e. The predicted molar refractivity (Wildman–Crippen MR) is 204 cm³/mol. The van der Waals surface area contributed by atoms with Crippen LogP contribution in [0.5, 0.6) is 0 Å². The number of fused-ring (bicyclic) bond motifs is 5. The van der Waals surface area contributed by atoms with Crippen LogP contribution < -0.4 is 0 Å². The number of ether oxygens (including phenoxy) is 2. The molecule has 0 aromatic carbocycles. The molecule has 0 spiro atoms. The Labute approximate surface area is 319 Å². The van der Waals surface area contributed by atoms with Crippen molar-refractivity contribution < 1.29 is 41.8 Å². The summed E-state index contributed by atoms with van der Waals surface area (Å²) in [5.74, 6) is -4.04. The van der Waals surface area contributed by atoms with E-state index in [1.807, 2.05) is 0 Å². The van der Waals surface area contributed by atoms with Crippen molar-refractivity contribution in [3.8, 4) is 0 Å². The normalized spacial score (nSPS) is 34.7. The maximum Gasteiger partial charge on any atom is 0.306 e. The number of halogens is 3. The van der Waals surface area contributed by atoms with Crippen molar-refractivity contribution in [1.82, 2.24) is 0 Å². The Hall–Kier alpha value is -2.36. The van der Waals surface area contributed by atoms with E-state index in [-0.39, 0.29) is 37.7 Å². The summed E-state index contributed by atoms with van der Waals surface area (Å²) in [6.07, 6.45) is 19.4. The lowest BCUT2D eigenvalue weighted by Crippen LogP contribution is -2.71.